The van der Waals surface area contributed by atoms with Crippen LogP contribution in [0.15, 0.2) is 40.0 Å². The van der Waals surface area contributed by atoms with Crippen LogP contribution in [-0.2, 0) is 4.79 Å². The Morgan fingerprint density at radius 2 is 1.65 bits per heavy atom. The highest BCUT2D eigenvalue weighted by Crippen LogP contribution is 2.27. The van der Waals surface area contributed by atoms with Crippen molar-refractivity contribution in [3.05, 3.63) is 30.3 Å². The lowest BCUT2D eigenvalue weighted by molar-refractivity contribution is -0.133. The highest BCUT2D eigenvalue weighted by Gasteiger charge is 2.27. The number of hydrogen-bond acceptors (Lipinski definition) is 5. The van der Waals surface area contributed by atoms with E-state index in [0.29, 0.717) is 11.1 Å². The fourth-order valence-corrected chi connectivity index (χ4v) is 3.21. The van der Waals surface area contributed by atoms with Crippen molar-refractivity contribution in [3.63, 3.8) is 0 Å². The predicted molar refractivity (Wildman–Crippen MR) is 92.2 cm³/mol. The molecule has 0 N–H and O–H groups in total. The Kier molecular flexibility index (Phi) is 5.82. The molecule has 1 aromatic heterocycles. The van der Waals surface area contributed by atoms with Gasteiger partial charge < -0.3 is 9.32 Å². The van der Waals surface area contributed by atoms with E-state index >= 15 is 0 Å². The van der Waals surface area contributed by atoms with Crippen LogP contribution in [0.25, 0.3) is 11.5 Å². The van der Waals surface area contributed by atoms with Gasteiger partial charge in [-0.15, -0.1) is 10.2 Å². The third-order valence-electron chi connectivity index (χ3n) is 3.42. The Bertz CT molecular complexity index is 632. The van der Waals surface area contributed by atoms with Gasteiger partial charge >= 0.3 is 0 Å². The second-order valence-corrected chi connectivity index (χ2v) is 7.22. The molecule has 0 aliphatic heterocycles. The van der Waals surface area contributed by atoms with Gasteiger partial charge in [0.25, 0.3) is 5.22 Å². The quantitative estimate of drug-likeness (QED) is 0.751. The topological polar surface area (TPSA) is 59.2 Å². The van der Waals surface area contributed by atoms with Gasteiger partial charge in [-0.3, -0.25) is 4.79 Å². The minimum absolute atomic E-state index is 0.0828. The summed E-state index contributed by atoms with van der Waals surface area (Å²) in [6.07, 6.45) is 0. The van der Waals surface area contributed by atoms with E-state index in [-0.39, 0.29) is 23.2 Å². The summed E-state index contributed by atoms with van der Waals surface area (Å²) in [7, 11) is 0. The molecule has 0 fully saturated rings. The van der Waals surface area contributed by atoms with Crippen LogP contribution < -0.4 is 0 Å². The van der Waals surface area contributed by atoms with E-state index in [9.17, 15) is 4.79 Å². The number of benzene rings is 1. The predicted octanol–water partition coefficient (Wildman–Crippen LogP) is 3.86. The van der Waals surface area contributed by atoms with Crippen molar-refractivity contribution in [2.24, 2.45) is 0 Å². The Morgan fingerprint density at radius 3 is 2.22 bits per heavy atom. The highest BCUT2D eigenvalue weighted by molar-refractivity contribution is 8.00. The van der Waals surface area contributed by atoms with Crippen molar-refractivity contribution in [2.75, 3.05) is 0 Å². The van der Waals surface area contributed by atoms with Gasteiger partial charge in [0.2, 0.25) is 11.8 Å². The molecular formula is C17H23N3O2S. The maximum atomic E-state index is 12.6. The molecule has 1 heterocycles. The van der Waals surface area contributed by atoms with Crippen LogP contribution in [0.2, 0.25) is 0 Å². The highest BCUT2D eigenvalue weighted by atomic mass is 32.2. The Hall–Kier alpha value is -1.82. The SMILES string of the molecule is CC(Sc1nnc(-c2ccccc2)o1)C(=O)N(C(C)C)C(C)C. The Labute approximate surface area is 141 Å². The standard InChI is InChI=1S/C17H23N3O2S/c1-11(2)20(12(3)4)16(21)13(5)23-17-19-18-15(22-17)14-9-7-6-8-10-14/h6-13H,1-5H3. The molecule has 1 atom stereocenters. The number of rotatable bonds is 6. The third-order valence-corrected chi connectivity index (χ3v) is 4.34. The minimum atomic E-state index is -0.274. The molecule has 124 valence electrons. The van der Waals surface area contributed by atoms with Gasteiger partial charge in [0.15, 0.2) is 0 Å². The van der Waals surface area contributed by atoms with E-state index in [1.165, 1.54) is 11.8 Å². The van der Waals surface area contributed by atoms with Crippen LogP contribution in [0.5, 0.6) is 0 Å². The number of thioether (sulfide) groups is 1. The smallest absolute Gasteiger partial charge is 0.277 e. The monoisotopic (exact) mass is 333 g/mol. The molecule has 2 aromatic rings. The first kappa shape index (κ1) is 17.5. The largest absolute Gasteiger partial charge is 0.411 e. The number of carbonyl (C=O) groups excluding carboxylic acids is 1. The van der Waals surface area contributed by atoms with Crippen LogP contribution in [0.3, 0.4) is 0 Å². The van der Waals surface area contributed by atoms with Crippen LogP contribution >= 0.6 is 11.8 Å². The van der Waals surface area contributed by atoms with Crippen molar-refractivity contribution < 1.29 is 9.21 Å². The van der Waals surface area contributed by atoms with Gasteiger partial charge in [-0.1, -0.05) is 30.0 Å². The van der Waals surface area contributed by atoms with Gasteiger partial charge in [0.05, 0.1) is 5.25 Å². The molecule has 0 saturated carbocycles. The first-order chi connectivity index (χ1) is 10.9. The zero-order chi connectivity index (χ0) is 17.0. The van der Waals surface area contributed by atoms with E-state index in [0.717, 1.165) is 5.56 Å². The molecule has 0 aliphatic rings. The van der Waals surface area contributed by atoms with Gasteiger partial charge in [-0.05, 0) is 46.8 Å². The first-order valence-electron chi connectivity index (χ1n) is 7.78. The molecule has 23 heavy (non-hydrogen) atoms. The molecule has 1 unspecified atom stereocenters. The summed E-state index contributed by atoms with van der Waals surface area (Å²) in [5, 5.41) is 8.23. The van der Waals surface area contributed by atoms with Gasteiger partial charge in [-0.2, -0.15) is 0 Å². The zero-order valence-corrected chi connectivity index (χ0v) is 15.0. The molecule has 0 spiro atoms. The molecule has 0 bridgehead atoms. The third kappa shape index (κ3) is 4.34. The van der Waals surface area contributed by atoms with E-state index in [2.05, 4.69) is 10.2 Å². The number of hydrogen-bond donors (Lipinski definition) is 0. The molecule has 0 radical (unpaired) electrons. The number of aromatic nitrogens is 2. The summed E-state index contributed by atoms with van der Waals surface area (Å²) >= 11 is 1.30. The summed E-state index contributed by atoms with van der Waals surface area (Å²) in [5.41, 5.74) is 0.872. The average molecular weight is 333 g/mol. The number of amides is 1. The van der Waals surface area contributed by atoms with Gasteiger partial charge in [0, 0.05) is 17.6 Å². The lowest BCUT2D eigenvalue weighted by Gasteiger charge is -2.32. The first-order valence-corrected chi connectivity index (χ1v) is 8.66. The zero-order valence-electron chi connectivity index (χ0n) is 14.2. The fourth-order valence-electron chi connectivity index (χ4n) is 2.47. The molecular weight excluding hydrogens is 310 g/mol. The van der Waals surface area contributed by atoms with Crippen molar-refractivity contribution in [1.29, 1.82) is 0 Å². The van der Waals surface area contributed by atoms with Gasteiger partial charge in [-0.25, -0.2) is 0 Å². The van der Waals surface area contributed by atoms with Crippen LogP contribution in [0, 0.1) is 0 Å². The molecule has 2 rings (SSSR count). The molecule has 0 aliphatic carbocycles. The second kappa shape index (κ2) is 7.64. The fraction of sp³-hybridized carbons (Fsp3) is 0.471. The molecule has 5 nitrogen and oxygen atoms in total. The van der Waals surface area contributed by atoms with Gasteiger partial charge in [0.1, 0.15) is 0 Å². The number of nitrogens with zero attached hydrogens (tertiary/aromatic N) is 3. The number of carbonyl (C=O) groups is 1. The molecule has 1 amide bonds. The second-order valence-electron chi connectivity index (χ2n) is 5.93. The van der Waals surface area contributed by atoms with E-state index in [1.807, 2.05) is 69.9 Å². The van der Waals surface area contributed by atoms with Crippen molar-refractivity contribution in [3.8, 4) is 11.5 Å². The van der Waals surface area contributed by atoms with Crippen LogP contribution in [-0.4, -0.2) is 38.3 Å². The summed E-state index contributed by atoms with van der Waals surface area (Å²) < 4.78 is 5.66. The molecule has 0 saturated heterocycles. The van der Waals surface area contributed by atoms with Crippen LogP contribution in [0.4, 0.5) is 0 Å². The summed E-state index contributed by atoms with van der Waals surface area (Å²) in [6, 6.07) is 9.92. The van der Waals surface area contributed by atoms with E-state index < -0.39 is 0 Å². The lowest BCUT2D eigenvalue weighted by atomic mass is 10.2. The van der Waals surface area contributed by atoms with Crippen molar-refractivity contribution in [2.45, 2.75) is 57.2 Å². The Balaban J connectivity index is 2.07. The van der Waals surface area contributed by atoms with Crippen LogP contribution in [0.1, 0.15) is 34.6 Å². The van der Waals surface area contributed by atoms with E-state index in [1.54, 1.807) is 0 Å². The lowest BCUT2D eigenvalue weighted by Crippen LogP contribution is -2.45. The van der Waals surface area contributed by atoms with E-state index in [4.69, 9.17) is 4.42 Å². The summed E-state index contributed by atoms with van der Waals surface area (Å²) in [6.45, 7) is 9.97. The average Bonchev–Trinajstić information content (AvgIpc) is 2.95. The summed E-state index contributed by atoms with van der Waals surface area (Å²) in [5.74, 6) is 0.553. The minimum Gasteiger partial charge on any atom is -0.411 e. The molecule has 1 aromatic carbocycles. The normalized spacial score (nSPS) is 12.7. The van der Waals surface area contributed by atoms with Crippen molar-refractivity contribution in [1.82, 2.24) is 15.1 Å². The van der Waals surface area contributed by atoms with Crippen molar-refractivity contribution >= 4 is 17.7 Å². The maximum Gasteiger partial charge on any atom is 0.277 e. The summed E-state index contributed by atoms with van der Waals surface area (Å²) in [4.78, 5) is 14.5. The maximum absolute atomic E-state index is 12.6. The molecule has 6 heteroatoms. The Morgan fingerprint density at radius 1 is 1.04 bits per heavy atom.